The standard InChI is InChI=1S/C32H24BrCl2F2N4O2S.BrH/c33-26-11-10-25-29-23(26)4-3-5-24(29)30(42)40(31(25)43)12-1-2-13-41-32(44)38(16-20-7-9-22(36)15-28(20)37)18-39(41)17-19-6-8-21(34)14-27(19)35;/h3-11,14-15,18H,1-2,12-13,16-17H2;1H/q+1;/p-1. The molecule has 6 rings (SSSR count). The van der Waals surface area contributed by atoms with Gasteiger partial charge in [0.15, 0.2) is 0 Å². The summed E-state index contributed by atoms with van der Waals surface area (Å²) >= 11 is 21.9. The number of amides is 2. The molecule has 0 N–H and O–H groups in total. The molecule has 0 radical (unpaired) electrons. The smallest absolute Gasteiger partial charge is 0.325 e. The molecule has 1 aliphatic heterocycles. The fourth-order valence-corrected chi connectivity index (χ4v) is 6.73. The van der Waals surface area contributed by atoms with E-state index in [9.17, 15) is 18.4 Å². The van der Waals surface area contributed by atoms with Gasteiger partial charge in [-0.2, -0.15) is 0 Å². The molecule has 0 aliphatic carbocycles. The van der Waals surface area contributed by atoms with Crippen LogP contribution in [-0.2, 0) is 19.6 Å². The van der Waals surface area contributed by atoms with Crippen LogP contribution in [-0.4, -0.2) is 32.6 Å². The molecule has 0 saturated carbocycles. The largest absolute Gasteiger partial charge is 1.00 e. The predicted molar refractivity (Wildman–Crippen MR) is 171 cm³/mol. The number of halogens is 6. The van der Waals surface area contributed by atoms with Gasteiger partial charge in [-0.1, -0.05) is 57.3 Å². The van der Waals surface area contributed by atoms with Crippen LogP contribution in [0.5, 0.6) is 0 Å². The van der Waals surface area contributed by atoms with Crippen LogP contribution in [0.1, 0.15) is 44.7 Å². The van der Waals surface area contributed by atoms with E-state index in [2.05, 4.69) is 15.9 Å². The summed E-state index contributed by atoms with van der Waals surface area (Å²) in [6, 6.07) is 17.7. The van der Waals surface area contributed by atoms with E-state index in [0.29, 0.717) is 62.8 Å². The number of carbonyl (C=O) groups is 2. The maximum absolute atomic E-state index is 14.5. The van der Waals surface area contributed by atoms with Crippen LogP contribution < -0.4 is 21.5 Å². The molecule has 0 saturated heterocycles. The average molecular weight is 797 g/mol. The third-order valence-corrected chi connectivity index (χ3v) is 9.42. The van der Waals surface area contributed by atoms with E-state index in [1.54, 1.807) is 35.2 Å². The van der Waals surface area contributed by atoms with Crippen molar-refractivity contribution in [1.29, 1.82) is 0 Å². The summed E-state index contributed by atoms with van der Waals surface area (Å²) in [4.78, 5) is 28.0. The van der Waals surface area contributed by atoms with Crippen LogP contribution >= 0.6 is 51.3 Å². The zero-order chi connectivity index (χ0) is 31.1. The van der Waals surface area contributed by atoms with Gasteiger partial charge in [-0.25, -0.2) is 13.3 Å². The summed E-state index contributed by atoms with van der Waals surface area (Å²) < 4.78 is 34.7. The van der Waals surface area contributed by atoms with Gasteiger partial charge in [0.1, 0.15) is 31.3 Å². The highest BCUT2D eigenvalue weighted by Gasteiger charge is 2.33. The fraction of sp³-hybridized carbons (Fsp3) is 0.188. The van der Waals surface area contributed by atoms with Crippen molar-refractivity contribution < 1.29 is 39.9 Å². The lowest BCUT2D eigenvalue weighted by molar-refractivity contribution is -0.696. The van der Waals surface area contributed by atoms with Gasteiger partial charge in [0.2, 0.25) is 6.33 Å². The summed E-state index contributed by atoms with van der Waals surface area (Å²) in [5.41, 5.74) is 2.10. The average Bonchev–Trinajstić information content (AvgIpc) is 3.28. The molecule has 6 nitrogen and oxygen atoms in total. The molecule has 0 spiro atoms. The van der Waals surface area contributed by atoms with E-state index in [-0.39, 0.29) is 41.9 Å². The SMILES string of the molecule is O=C1c2cccc3c(Br)ccc(c23)C(=O)N1CCCCn1c(=S)[n+](Cc2ccc(F)cc2F)cn1Cc1ccc(Cl)cc1Cl.[Br-]. The second kappa shape index (κ2) is 13.8. The molecule has 1 aromatic heterocycles. The van der Waals surface area contributed by atoms with E-state index in [0.717, 1.165) is 21.5 Å². The fourth-order valence-electron chi connectivity index (χ4n) is 5.49. The lowest BCUT2D eigenvalue weighted by Crippen LogP contribution is -3.00. The normalized spacial score (nSPS) is 12.6. The molecule has 232 valence electrons. The Morgan fingerprint density at radius 1 is 0.867 bits per heavy atom. The lowest BCUT2D eigenvalue weighted by atomic mass is 9.94. The van der Waals surface area contributed by atoms with E-state index in [1.165, 1.54) is 17.0 Å². The Balaban J connectivity index is 0.00000400. The van der Waals surface area contributed by atoms with Gasteiger partial charge in [0.05, 0.1) is 0 Å². The summed E-state index contributed by atoms with van der Waals surface area (Å²) in [7, 11) is 0. The predicted octanol–water partition coefficient (Wildman–Crippen LogP) is 4.98. The summed E-state index contributed by atoms with van der Waals surface area (Å²) in [6.45, 7) is 1.15. The summed E-state index contributed by atoms with van der Waals surface area (Å²) in [5.74, 6) is -1.95. The van der Waals surface area contributed by atoms with Crippen LogP contribution in [0.4, 0.5) is 8.78 Å². The van der Waals surface area contributed by atoms with Crippen LogP contribution in [0.3, 0.4) is 0 Å². The molecule has 2 amide bonds. The number of imide groups is 1. The molecule has 0 fully saturated rings. The number of hydrogen-bond acceptors (Lipinski definition) is 3. The summed E-state index contributed by atoms with van der Waals surface area (Å²) in [6.07, 6.45) is 2.88. The van der Waals surface area contributed by atoms with Gasteiger partial charge in [-0.05, 0) is 72.9 Å². The second-order valence-electron chi connectivity index (χ2n) is 10.5. The Hall–Kier alpha value is -2.96. The Morgan fingerprint density at radius 2 is 1.58 bits per heavy atom. The van der Waals surface area contributed by atoms with E-state index >= 15 is 0 Å². The molecule has 4 aromatic carbocycles. The molecule has 45 heavy (non-hydrogen) atoms. The Kier molecular flexibility index (Phi) is 10.2. The number of benzene rings is 4. The molecule has 2 heterocycles. The Labute approximate surface area is 291 Å². The maximum Gasteiger partial charge on any atom is 0.325 e. The van der Waals surface area contributed by atoms with Crippen molar-refractivity contribution in [3.05, 3.63) is 126 Å². The quantitative estimate of drug-likeness (QED) is 0.0916. The highest BCUT2D eigenvalue weighted by molar-refractivity contribution is 9.10. The molecule has 0 bridgehead atoms. The van der Waals surface area contributed by atoms with Crippen molar-refractivity contribution >= 4 is 73.9 Å². The minimum atomic E-state index is -0.660. The Morgan fingerprint density at radius 3 is 2.31 bits per heavy atom. The van der Waals surface area contributed by atoms with Gasteiger partial charge >= 0.3 is 4.77 Å². The number of hydrogen-bond donors (Lipinski definition) is 0. The van der Waals surface area contributed by atoms with Crippen molar-refractivity contribution in [2.45, 2.75) is 32.5 Å². The van der Waals surface area contributed by atoms with Gasteiger partial charge in [-0.15, -0.1) is 9.36 Å². The topological polar surface area (TPSA) is 51.1 Å². The number of rotatable bonds is 9. The molecule has 5 aromatic rings. The first kappa shape index (κ1) is 33.4. The second-order valence-corrected chi connectivity index (χ2v) is 12.6. The number of carbonyl (C=O) groups excluding carboxylic acids is 2. The van der Waals surface area contributed by atoms with Crippen LogP contribution in [0.15, 0.2) is 77.5 Å². The van der Waals surface area contributed by atoms with Crippen LogP contribution in [0.25, 0.3) is 10.8 Å². The molecule has 13 heteroatoms. The first-order valence-electron chi connectivity index (χ1n) is 13.8. The monoisotopic (exact) mass is 794 g/mol. The highest BCUT2D eigenvalue weighted by Crippen LogP contribution is 2.34. The van der Waals surface area contributed by atoms with Crippen molar-refractivity contribution in [2.24, 2.45) is 0 Å². The molecule has 0 atom stereocenters. The van der Waals surface area contributed by atoms with E-state index in [4.69, 9.17) is 35.4 Å². The van der Waals surface area contributed by atoms with Crippen molar-refractivity contribution in [3.8, 4) is 0 Å². The first-order chi connectivity index (χ1) is 21.1. The summed E-state index contributed by atoms with van der Waals surface area (Å²) in [5, 5.41) is 2.49. The minimum absolute atomic E-state index is 0. The minimum Gasteiger partial charge on any atom is -1.00 e. The van der Waals surface area contributed by atoms with E-state index in [1.807, 2.05) is 33.6 Å². The first-order valence-corrected chi connectivity index (χ1v) is 15.7. The zero-order valence-electron chi connectivity index (χ0n) is 23.5. The number of aromatic nitrogens is 3. The number of unbranched alkanes of at least 4 members (excludes halogenated alkanes) is 1. The third-order valence-electron chi connectivity index (χ3n) is 7.69. The number of nitrogens with zero attached hydrogens (tertiary/aromatic N) is 4. The third kappa shape index (κ3) is 6.64. The van der Waals surface area contributed by atoms with Crippen molar-refractivity contribution in [1.82, 2.24) is 14.3 Å². The van der Waals surface area contributed by atoms with E-state index < -0.39 is 11.6 Å². The van der Waals surface area contributed by atoms with Crippen molar-refractivity contribution in [2.75, 3.05) is 6.54 Å². The lowest BCUT2D eigenvalue weighted by Gasteiger charge is -2.27. The van der Waals surface area contributed by atoms with Gasteiger partial charge < -0.3 is 17.0 Å². The zero-order valence-corrected chi connectivity index (χ0v) is 29.0. The highest BCUT2D eigenvalue weighted by atomic mass is 79.9. The van der Waals surface area contributed by atoms with Gasteiger partial charge in [0, 0.05) is 54.8 Å². The molecule has 0 unspecified atom stereocenters. The maximum atomic E-state index is 14.5. The van der Waals surface area contributed by atoms with Gasteiger partial charge in [-0.3, -0.25) is 14.5 Å². The molecular weight excluding hydrogens is 773 g/mol. The van der Waals surface area contributed by atoms with Crippen LogP contribution in [0, 0.1) is 16.4 Å². The Bertz CT molecular complexity index is 2010. The molecule has 1 aliphatic rings. The van der Waals surface area contributed by atoms with Crippen molar-refractivity contribution in [3.63, 3.8) is 0 Å². The van der Waals surface area contributed by atoms with Gasteiger partial charge in [0.25, 0.3) is 11.8 Å². The van der Waals surface area contributed by atoms with Crippen LogP contribution in [0.2, 0.25) is 10.0 Å². The molecular formula is C32H24Br2Cl2F2N4O2S.